The molecule has 2 rings (SSSR count). The van der Waals surface area contributed by atoms with E-state index in [0.717, 1.165) is 25.7 Å². The Morgan fingerprint density at radius 1 is 1.41 bits per heavy atom. The van der Waals surface area contributed by atoms with Crippen LogP contribution in [-0.2, 0) is 11.3 Å². The second kappa shape index (κ2) is 5.31. The molecule has 5 heteroatoms. The van der Waals surface area contributed by atoms with Gasteiger partial charge in [0.05, 0.1) is 12.1 Å². The Morgan fingerprint density at radius 3 is 2.82 bits per heavy atom. The van der Waals surface area contributed by atoms with Gasteiger partial charge in [0.25, 0.3) is 0 Å². The Balaban J connectivity index is 1.76. The molecule has 1 aliphatic rings. The van der Waals surface area contributed by atoms with Crippen molar-refractivity contribution in [2.75, 3.05) is 6.54 Å². The van der Waals surface area contributed by atoms with Crippen molar-refractivity contribution in [1.82, 2.24) is 15.1 Å². The molecule has 3 N–H and O–H groups in total. The third-order valence-corrected chi connectivity index (χ3v) is 3.38. The highest BCUT2D eigenvalue weighted by Crippen LogP contribution is 2.25. The summed E-state index contributed by atoms with van der Waals surface area (Å²) in [7, 11) is 0. The van der Waals surface area contributed by atoms with Crippen molar-refractivity contribution in [1.29, 1.82) is 0 Å². The minimum atomic E-state index is -0.637. The predicted molar refractivity (Wildman–Crippen MR) is 65.2 cm³/mol. The zero-order valence-electron chi connectivity index (χ0n) is 10.1. The Labute approximate surface area is 101 Å². The van der Waals surface area contributed by atoms with Gasteiger partial charge in [0, 0.05) is 18.9 Å². The number of nitrogens with one attached hydrogen (secondary N) is 1. The van der Waals surface area contributed by atoms with Gasteiger partial charge in [-0.05, 0) is 18.9 Å². The van der Waals surface area contributed by atoms with Gasteiger partial charge in [-0.2, -0.15) is 5.10 Å². The van der Waals surface area contributed by atoms with Gasteiger partial charge in [0.2, 0.25) is 5.91 Å². The first-order chi connectivity index (χ1) is 8.21. The highest BCUT2D eigenvalue weighted by Gasteiger charge is 2.34. The van der Waals surface area contributed by atoms with Crippen LogP contribution in [0, 0.1) is 0 Å². The third kappa shape index (κ3) is 3.06. The van der Waals surface area contributed by atoms with Gasteiger partial charge in [-0.25, -0.2) is 0 Å². The number of amides is 1. The van der Waals surface area contributed by atoms with Crippen LogP contribution in [0.3, 0.4) is 0 Å². The summed E-state index contributed by atoms with van der Waals surface area (Å²) in [6.45, 7) is 1.27. The van der Waals surface area contributed by atoms with Gasteiger partial charge >= 0.3 is 0 Å². The molecule has 1 fully saturated rings. The fourth-order valence-corrected chi connectivity index (χ4v) is 2.30. The maximum absolute atomic E-state index is 12.0. The normalized spacial score (nSPS) is 18.9. The molecule has 0 bridgehead atoms. The number of nitrogens with zero attached hydrogens (tertiary/aromatic N) is 2. The van der Waals surface area contributed by atoms with E-state index in [0.29, 0.717) is 13.1 Å². The molecule has 94 valence electrons. The number of carbonyl (C=O) groups is 1. The second-order valence-corrected chi connectivity index (χ2v) is 4.74. The highest BCUT2D eigenvalue weighted by molar-refractivity contribution is 5.86. The largest absolute Gasteiger partial charge is 0.353 e. The number of hydrogen-bond acceptors (Lipinski definition) is 3. The molecule has 0 spiro atoms. The monoisotopic (exact) mass is 236 g/mol. The Hall–Kier alpha value is -1.36. The van der Waals surface area contributed by atoms with Crippen LogP contribution >= 0.6 is 0 Å². The zero-order valence-corrected chi connectivity index (χ0v) is 10.1. The summed E-state index contributed by atoms with van der Waals surface area (Å²) in [4.78, 5) is 12.0. The lowest BCUT2D eigenvalue weighted by molar-refractivity contribution is -0.127. The number of aromatic nitrogens is 2. The van der Waals surface area contributed by atoms with Crippen molar-refractivity contribution in [2.24, 2.45) is 5.73 Å². The lowest BCUT2D eigenvalue weighted by Gasteiger charge is -2.31. The molecule has 0 saturated heterocycles. The molecule has 1 amide bonds. The lowest BCUT2D eigenvalue weighted by atomic mass is 9.82. The van der Waals surface area contributed by atoms with Gasteiger partial charge < -0.3 is 11.1 Å². The average Bonchev–Trinajstić information content (AvgIpc) is 2.83. The Morgan fingerprint density at radius 2 is 2.18 bits per heavy atom. The van der Waals surface area contributed by atoms with Gasteiger partial charge in [-0.3, -0.25) is 9.48 Å². The van der Waals surface area contributed by atoms with E-state index in [9.17, 15) is 4.79 Å². The molecule has 1 aliphatic carbocycles. The number of rotatable bonds is 4. The van der Waals surface area contributed by atoms with Crippen LogP contribution in [0.15, 0.2) is 18.5 Å². The molecule has 0 aromatic carbocycles. The lowest BCUT2D eigenvalue weighted by Crippen LogP contribution is -2.55. The van der Waals surface area contributed by atoms with Crippen molar-refractivity contribution in [3.8, 4) is 0 Å². The van der Waals surface area contributed by atoms with E-state index in [4.69, 9.17) is 5.73 Å². The predicted octanol–water partition coefficient (Wildman–Crippen LogP) is 0.661. The summed E-state index contributed by atoms with van der Waals surface area (Å²) >= 11 is 0. The topological polar surface area (TPSA) is 72.9 Å². The highest BCUT2D eigenvalue weighted by atomic mass is 16.2. The molecular weight excluding hydrogens is 216 g/mol. The van der Waals surface area contributed by atoms with Crippen LogP contribution in [0.1, 0.15) is 32.1 Å². The van der Waals surface area contributed by atoms with Gasteiger partial charge in [0.15, 0.2) is 0 Å². The van der Waals surface area contributed by atoms with E-state index >= 15 is 0 Å². The SMILES string of the molecule is NC1(C(=O)NCCn2cccn2)CCCCC1. The minimum absolute atomic E-state index is 0.00986. The van der Waals surface area contributed by atoms with Crippen molar-refractivity contribution < 1.29 is 4.79 Å². The van der Waals surface area contributed by atoms with E-state index in [1.54, 1.807) is 10.9 Å². The smallest absolute Gasteiger partial charge is 0.240 e. The maximum atomic E-state index is 12.0. The molecule has 5 nitrogen and oxygen atoms in total. The molecule has 17 heavy (non-hydrogen) atoms. The van der Waals surface area contributed by atoms with E-state index < -0.39 is 5.54 Å². The van der Waals surface area contributed by atoms with E-state index in [1.807, 2.05) is 12.3 Å². The van der Waals surface area contributed by atoms with Crippen molar-refractivity contribution in [3.63, 3.8) is 0 Å². The number of carbonyl (C=O) groups excluding carboxylic acids is 1. The number of nitrogens with two attached hydrogens (primary N) is 1. The summed E-state index contributed by atoms with van der Waals surface area (Å²) in [5.41, 5.74) is 5.49. The molecular formula is C12H20N4O. The quantitative estimate of drug-likeness (QED) is 0.806. The first-order valence-electron chi connectivity index (χ1n) is 6.25. The molecule has 1 aromatic rings. The Bertz CT molecular complexity index is 355. The zero-order chi connectivity index (χ0) is 12.1. The van der Waals surface area contributed by atoms with Crippen LogP contribution in [-0.4, -0.2) is 27.8 Å². The average molecular weight is 236 g/mol. The summed E-state index contributed by atoms with van der Waals surface area (Å²) in [5, 5.41) is 6.98. The number of hydrogen-bond donors (Lipinski definition) is 2. The first-order valence-corrected chi connectivity index (χ1v) is 6.25. The molecule has 1 heterocycles. The van der Waals surface area contributed by atoms with Crippen molar-refractivity contribution in [2.45, 2.75) is 44.2 Å². The maximum Gasteiger partial charge on any atom is 0.240 e. The van der Waals surface area contributed by atoms with Crippen molar-refractivity contribution >= 4 is 5.91 Å². The van der Waals surface area contributed by atoms with Crippen LogP contribution in [0.25, 0.3) is 0 Å². The van der Waals surface area contributed by atoms with Crippen LogP contribution in [0.5, 0.6) is 0 Å². The molecule has 0 radical (unpaired) electrons. The van der Waals surface area contributed by atoms with E-state index in [2.05, 4.69) is 10.4 Å². The van der Waals surface area contributed by atoms with E-state index in [-0.39, 0.29) is 5.91 Å². The molecule has 1 aromatic heterocycles. The fourth-order valence-electron chi connectivity index (χ4n) is 2.30. The standard InChI is InChI=1S/C12H20N4O/c13-12(5-2-1-3-6-12)11(17)14-8-10-16-9-4-7-15-16/h4,7,9H,1-3,5-6,8,10,13H2,(H,14,17). The van der Waals surface area contributed by atoms with E-state index in [1.165, 1.54) is 6.42 Å². The van der Waals surface area contributed by atoms with Gasteiger partial charge in [0.1, 0.15) is 0 Å². The van der Waals surface area contributed by atoms with Crippen molar-refractivity contribution in [3.05, 3.63) is 18.5 Å². The van der Waals surface area contributed by atoms with Crippen LogP contribution in [0.2, 0.25) is 0 Å². The summed E-state index contributed by atoms with van der Waals surface area (Å²) in [6, 6.07) is 1.87. The van der Waals surface area contributed by atoms with Crippen LogP contribution < -0.4 is 11.1 Å². The molecule has 0 atom stereocenters. The second-order valence-electron chi connectivity index (χ2n) is 4.74. The summed E-state index contributed by atoms with van der Waals surface area (Å²) in [6.07, 6.45) is 8.53. The fraction of sp³-hybridized carbons (Fsp3) is 0.667. The molecule has 1 saturated carbocycles. The van der Waals surface area contributed by atoms with Crippen LogP contribution in [0.4, 0.5) is 0 Å². The molecule has 0 unspecified atom stereocenters. The van der Waals surface area contributed by atoms with Gasteiger partial charge in [-0.1, -0.05) is 19.3 Å². The molecule has 0 aliphatic heterocycles. The third-order valence-electron chi connectivity index (χ3n) is 3.38. The minimum Gasteiger partial charge on any atom is -0.353 e. The Kier molecular flexibility index (Phi) is 3.78. The first kappa shape index (κ1) is 12.1. The summed E-state index contributed by atoms with van der Waals surface area (Å²) < 4.78 is 1.80. The summed E-state index contributed by atoms with van der Waals surface area (Å²) in [5.74, 6) is -0.00986. The van der Waals surface area contributed by atoms with Gasteiger partial charge in [-0.15, -0.1) is 0 Å².